The lowest BCUT2D eigenvalue weighted by atomic mass is 10.0. The van der Waals surface area contributed by atoms with Crippen LogP contribution in [-0.2, 0) is 11.3 Å². The number of piperazine rings is 1. The topological polar surface area (TPSA) is 47.2 Å². The Hall–Kier alpha value is -2.44. The minimum Gasteiger partial charge on any atom is -0.496 e. The summed E-state index contributed by atoms with van der Waals surface area (Å²) in [6.45, 7) is 4.43. The van der Waals surface area contributed by atoms with Crippen molar-refractivity contribution in [2.24, 2.45) is 0 Å². The first kappa shape index (κ1) is 19.9. The zero-order valence-corrected chi connectivity index (χ0v) is 16.9. The zero-order chi connectivity index (χ0) is 20.2. The summed E-state index contributed by atoms with van der Waals surface area (Å²) in [5, 5.41) is 3.20. The van der Waals surface area contributed by atoms with Crippen molar-refractivity contribution in [3.8, 4) is 5.75 Å². The first-order valence-electron chi connectivity index (χ1n) is 10.5. The van der Waals surface area contributed by atoms with Crippen molar-refractivity contribution in [2.45, 2.75) is 31.5 Å². The second kappa shape index (κ2) is 8.93. The number of ether oxygens (including phenoxy) is 1. The summed E-state index contributed by atoms with van der Waals surface area (Å²) in [6, 6.07) is 15.0. The molecule has 1 heterocycles. The Labute approximate surface area is 171 Å². The second-order valence-corrected chi connectivity index (χ2v) is 8.17. The molecule has 0 bridgehead atoms. The molecule has 1 amide bonds. The fourth-order valence-corrected chi connectivity index (χ4v) is 4.27. The summed E-state index contributed by atoms with van der Waals surface area (Å²) >= 11 is 0. The van der Waals surface area contributed by atoms with E-state index in [9.17, 15) is 9.18 Å². The van der Waals surface area contributed by atoms with Crippen molar-refractivity contribution in [2.75, 3.05) is 33.3 Å². The summed E-state index contributed by atoms with van der Waals surface area (Å²) < 4.78 is 19.1. The maximum atomic E-state index is 13.7. The van der Waals surface area contributed by atoms with Crippen molar-refractivity contribution in [3.63, 3.8) is 0 Å². The minimum atomic E-state index is -0.231. The molecule has 0 aromatic heterocycles. The van der Waals surface area contributed by atoms with Crippen molar-refractivity contribution < 1.29 is 23.7 Å². The first-order valence-corrected chi connectivity index (χ1v) is 10.5. The number of methoxy groups -OCH3 is 1. The van der Waals surface area contributed by atoms with Gasteiger partial charge in [0.1, 0.15) is 44.3 Å². The van der Waals surface area contributed by atoms with Gasteiger partial charge in [-0.25, -0.2) is 4.39 Å². The fraction of sp³-hybridized carbons (Fsp3) is 0.435. The molecule has 1 saturated heterocycles. The van der Waals surface area contributed by atoms with Crippen LogP contribution in [0.5, 0.6) is 5.75 Å². The Morgan fingerprint density at radius 1 is 1.14 bits per heavy atom. The molecular formula is C23H30FN3O2+2. The van der Waals surface area contributed by atoms with Crippen LogP contribution in [0.15, 0.2) is 48.5 Å². The highest BCUT2D eigenvalue weighted by Crippen LogP contribution is 2.20. The van der Waals surface area contributed by atoms with Crippen LogP contribution in [0.1, 0.15) is 30.0 Å². The molecule has 4 rings (SSSR count). The number of amides is 1. The van der Waals surface area contributed by atoms with Crippen LogP contribution in [-0.4, -0.2) is 45.2 Å². The van der Waals surface area contributed by atoms with Gasteiger partial charge in [0.25, 0.3) is 5.91 Å². The second-order valence-electron chi connectivity index (χ2n) is 8.17. The van der Waals surface area contributed by atoms with Gasteiger partial charge in [0.15, 0.2) is 6.04 Å². The molecule has 154 valence electrons. The zero-order valence-electron chi connectivity index (χ0n) is 16.9. The lowest BCUT2D eigenvalue weighted by Gasteiger charge is -2.34. The highest BCUT2D eigenvalue weighted by molar-refractivity contribution is 5.82. The number of rotatable bonds is 7. The van der Waals surface area contributed by atoms with Crippen molar-refractivity contribution >= 4 is 5.91 Å². The number of hydrogen-bond donors (Lipinski definition) is 3. The molecule has 2 aromatic rings. The molecule has 6 heteroatoms. The van der Waals surface area contributed by atoms with Gasteiger partial charge in [-0.05, 0) is 31.0 Å². The maximum absolute atomic E-state index is 13.7. The standard InChI is InChI=1S/C23H28FN3O2/c1-29-21-10-7-19(24)15-18(21)16-26-11-13-27(14-12-26)22(17-5-3-2-4-6-17)23(28)25-20-8-9-20/h2-7,10,15,20,22H,8-9,11-14,16H2,1H3,(H,25,28)/p+2/t22-/m0/s1. The summed E-state index contributed by atoms with van der Waals surface area (Å²) in [7, 11) is 1.62. The van der Waals surface area contributed by atoms with Crippen LogP contribution in [0.25, 0.3) is 0 Å². The van der Waals surface area contributed by atoms with E-state index < -0.39 is 0 Å². The molecular weight excluding hydrogens is 369 g/mol. The van der Waals surface area contributed by atoms with Gasteiger partial charge in [0.2, 0.25) is 0 Å². The van der Waals surface area contributed by atoms with Crippen molar-refractivity contribution in [1.29, 1.82) is 0 Å². The van der Waals surface area contributed by atoms with Gasteiger partial charge in [0, 0.05) is 11.6 Å². The summed E-state index contributed by atoms with van der Waals surface area (Å²) in [5.41, 5.74) is 1.98. The van der Waals surface area contributed by atoms with Crippen LogP contribution in [0.4, 0.5) is 4.39 Å². The van der Waals surface area contributed by atoms with Gasteiger partial charge in [-0.3, -0.25) is 4.79 Å². The number of hydrogen-bond acceptors (Lipinski definition) is 2. The van der Waals surface area contributed by atoms with E-state index in [-0.39, 0.29) is 17.8 Å². The summed E-state index contributed by atoms with van der Waals surface area (Å²) in [4.78, 5) is 15.7. The predicted octanol–water partition coefficient (Wildman–Crippen LogP) is 0.138. The lowest BCUT2D eigenvalue weighted by molar-refractivity contribution is -1.03. The Morgan fingerprint density at radius 2 is 1.86 bits per heavy atom. The van der Waals surface area contributed by atoms with Crippen LogP contribution in [0.2, 0.25) is 0 Å². The Kier molecular flexibility index (Phi) is 6.11. The van der Waals surface area contributed by atoms with E-state index in [0.29, 0.717) is 6.04 Å². The summed E-state index contributed by atoms with van der Waals surface area (Å²) in [5.74, 6) is 0.647. The molecule has 1 aliphatic heterocycles. The smallest absolute Gasteiger partial charge is 0.283 e. The predicted molar refractivity (Wildman–Crippen MR) is 108 cm³/mol. The van der Waals surface area contributed by atoms with Crippen molar-refractivity contribution in [1.82, 2.24) is 5.32 Å². The van der Waals surface area contributed by atoms with E-state index in [1.165, 1.54) is 15.9 Å². The quantitative estimate of drug-likeness (QED) is 0.620. The molecule has 0 unspecified atom stereocenters. The number of halogens is 1. The molecule has 2 fully saturated rings. The van der Waals surface area contributed by atoms with E-state index in [2.05, 4.69) is 17.4 Å². The minimum absolute atomic E-state index is 0.143. The average Bonchev–Trinajstić information content (AvgIpc) is 3.54. The van der Waals surface area contributed by atoms with E-state index in [1.54, 1.807) is 19.2 Å². The molecule has 0 radical (unpaired) electrons. The molecule has 29 heavy (non-hydrogen) atoms. The maximum Gasteiger partial charge on any atom is 0.283 e. The van der Waals surface area contributed by atoms with Gasteiger partial charge in [-0.15, -0.1) is 0 Å². The Morgan fingerprint density at radius 3 is 2.52 bits per heavy atom. The fourth-order valence-electron chi connectivity index (χ4n) is 4.27. The van der Waals surface area contributed by atoms with Crippen molar-refractivity contribution in [3.05, 3.63) is 65.5 Å². The van der Waals surface area contributed by atoms with Crippen LogP contribution >= 0.6 is 0 Å². The number of carbonyl (C=O) groups excluding carboxylic acids is 1. The van der Waals surface area contributed by atoms with Gasteiger partial charge in [-0.2, -0.15) is 0 Å². The Balaban J connectivity index is 1.42. The van der Waals surface area contributed by atoms with E-state index in [0.717, 1.165) is 62.4 Å². The highest BCUT2D eigenvalue weighted by atomic mass is 19.1. The SMILES string of the molecule is COc1ccc(F)cc1C[NH+]1CC[NH+]([C@H](C(=O)NC2CC2)c2ccccc2)CC1. The van der Waals surface area contributed by atoms with Crippen LogP contribution < -0.4 is 19.9 Å². The molecule has 1 saturated carbocycles. The number of nitrogens with one attached hydrogen (secondary N) is 3. The normalized spacial score (nSPS) is 22.7. The van der Waals surface area contributed by atoms with Crippen LogP contribution in [0, 0.1) is 5.82 Å². The molecule has 1 atom stereocenters. The third kappa shape index (κ3) is 4.95. The summed E-state index contributed by atoms with van der Waals surface area (Å²) in [6.07, 6.45) is 2.19. The molecule has 2 aromatic carbocycles. The molecule has 5 nitrogen and oxygen atoms in total. The van der Waals surface area contributed by atoms with E-state index in [1.807, 2.05) is 18.2 Å². The van der Waals surface area contributed by atoms with Gasteiger partial charge in [-0.1, -0.05) is 30.3 Å². The number of quaternary nitrogens is 2. The van der Waals surface area contributed by atoms with Gasteiger partial charge < -0.3 is 19.9 Å². The highest BCUT2D eigenvalue weighted by Gasteiger charge is 2.37. The monoisotopic (exact) mass is 399 g/mol. The number of benzene rings is 2. The first-order chi connectivity index (χ1) is 14.1. The average molecular weight is 400 g/mol. The van der Waals surface area contributed by atoms with E-state index in [4.69, 9.17) is 4.74 Å². The molecule has 1 aliphatic carbocycles. The molecule has 2 aliphatic rings. The largest absolute Gasteiger partial charge is 0.496 e. The van der Waals surface area contributed by atoms with Gasteiger partial charge in [0.05, 0.1) is 12.7 Å². The third-order valence-corrected chi connectivity index (χ3v) is 6.01. The number of carbonyl (C=O) groups is 1. The molecule has 0 spiro atoms. The van der Waals surface area contributed by atoms with Gasteiger partial charge >= 0.3 is 0 Å². The molecule has 3 N–H and O–H groups in total. The lowest BCUT2D eigenvalue weighted by Crippen LogP contribution is -3.28. The van der Waals surface area contributed by atoms with Crippen LogP contribution in [0.3, 0.4) is 0 Å². The third-order valence-electron chi connectivity index (χ3n) is 6.01. The van der Waals surface area contributed by atoms with E-state index >= 15 is 0 Å². The Bertz CT molecular complexity index is 833.